The van der Waals surface area contributed by atoms with Crippen molar-refractivity contribution < 1.29 is 9.45 Å². The Bertz CT molecular complexity index is 70.0. The van der Waals surface area contributed by atoms with Crippen LogP contribution in [-0.2, 0) is 9.45 Å². The van der Waals surface area contributed by atoms with Gasteiger partial charge in [0.25, 0.3) is 0 Å². The third kappa shape index (κ3) is 7.65. The third-order valence-electron chi connectivity index (χ3n) is 0.844. The van der Waals surface area contributed by atoms with Gasteiger partial charge < -0.3 is 14.7 Å². The molecule has 1 N–H and O–H groups in total. The molecule has 0 aliphatic carbocycles. The fourth-order valence-corrected chi connectivity index (χ4v) is 0.430. The number of unbranched alkanes of at least 4 members (excludes halogenated alkanes) is 1. The van der Waals surface area contributed by atoms with E-state index < -0.39 is 0 Å². The molecule has 0 amide bonds. The number of hydrogen-bond donors (Lipinski definition) is 1. The summed E-state index contributed by atoms with van der Waals surface area (Å²) >= 11 is 0. The second-order valence-electron chi connectivity index (χ2n) is 1.62. The van der Waals surface area contributed by atoms with Gasteiger partial charge in [0.1, 0.15) is 6.29 Å². The largest absolute Gasteiger partial charge is 0.427 e. The molecule has 0 saturated carbocycles. The van der Waals surface area contributed by atoms with Crippen LogP contribution in [0.5, 0.6) is 0 Å². The number of aldehydes is 1. The summed E-state index contributed by atoms with van der Waals surface area (Å²) < 4.78 is 4.60. The first-order chi connectivity index (χ1) is 4.41. The van der Waals surface area contributed by atoms with E-state index in [1.165, 1.54) is 7.62 Å². The molecular weight excluding hydrogens is 117 g/mol. The van der Waals surface area contributed by atoms with E-state index in [2.05, 4.69) is 9.88 Å². The van der Waals surface area contributed by atoms with E-state index in [1.807, 2.05) is 0 Å². The quantitative estimate of drug-likeness (QED) is 0.304. The smallest absolute Gasteiger partial charge is 0.395 e. The summed E-state index contributed by atoms with van der Waals surface area (Å²) in [6.07, 6.45) is 2.39. The minimum Gasteiger partial charge on any atom is -0.427 e. The first-order valence-electron chi connectivity index (χ1n) is 2.93. The van der Waals surface area contributed by atoms with Gasteiger partial charge in [-0.15, -0.1) is 0 Å². The number of hydrogen-bond acceptors (Lipinski definition) is 3. The van der Waals surface area contributed by atoms with Crippen molar-refractivity contribution in [3.8, 4) is 0 Å². The van der Waals surface area contributed by atoms with Crippen LogP contribution in [0.2, 0.25) is 0 Å². The molecule has 0 saturated heterocycles. The maximum absolute atomic E-state index is 9.77. The van der Waals surface area contributed by atoms with Gasteiger partial charge in [0, 0.05) is 13.5 Å². The average molecular weight is 128 g/mol. The minimum absolute atomic E-state index is 0.616. The second kappa shape index (κ2) is 7.65. The van der Waals surface area contributed by atoms with Crippen molar-refractivity contribution >= 4 is 13.9 Å². The predicted octanol–water partition coefficient (Wildman–Crippen LogP) is -0.264. The zero-order chi connectivity index (χ0) is 6.95. The average Bonchev–Trinajstić information content (AvgIpc) is 1.89. The number of nitrogens with one attached hydrogen (secondary N) is 1. The Balaban J connectivity index is 2.66. The lowest BCUT2D eigenvalue weighted by molar-refractivity contribution is -0.107. The Hall–Kier alpha value is -0.345. The normalized spacial score (nSPS) is 9.00. The van der Waals surface area contributed by atoms with Gasteiger partial charge in [-0.1, -0.05) is 0 Å². The molecule has 1 radical (unpaired) electrons. The van der Waals surface area contributed by atoms with E-state index in [0.717, 1.165) is 19.3 Å². The number of rotatable bonds is 6. The van der Waals surface area contributed by atoms with Gasteiger partial charge in [-0.05, 0) is 13.0 Å². The molecule has 0 aliphatic rings. The van der Waals surface area contributed by atoms with Crippen LogP contribution in [0.25, 0.3) is 0 Å². The summed E-state index contributed by atoms with van der Waals surface area (Å²) in [6, 6.07) is 0. The molecule has 0 bridgehead atoms. The van der Waals surface area contributed by atoms with Crippen molar-refractivity contribution in [3.63, 3.8) is 0 Å². The molecule has 0 atom stereocenters. The van der Waals surface area contributed by atoms with Crippen LogP contribution in [0.3, 0.4) is 0 Å². The SMILES string of the molecule is CO[B]NCCCC=O. The minimum atomic E-state index is 0.616. The topological polar surface area (TPSA) is 38.3 Å². The fourth-order valence-electron chi connectivity index (χ4n) is 0.430. The molecule has 3 nitrogen and oxygen atoms in total. The lowest BCUT2D eigenvalue weighted by Gasteiger charge is -1.96. The van der Waals surface area contributed by atoms with Crippen molar-refractivity contribution in [3.05, 3.63) is 0 Å². The highest BCUT2D eigenvalue weighted by atomic mass is 16.4. The van der Waals surface area contributed by atoms with E-state index in [4.69, 9.17) is 0 Å². The maximum Gasteiger partial charge on any atom is 0.395 e. The fraction of sp³-hybridized carbons (Fsp3) is 0.800. The van der Waals surface area contributed by atoms with E-state index in [9.17, 15) is 4.79 Å². The van der Waals surface area contributed by atoms with Crippen molar-refractivity contribution in [1.82, 2.24) is 5.23 Å². The molecule has 0 aromatic carbocycles. The van der Waals surface area contributed by atoms with E-state index in [1.54, 1.807) is 7.11 Å². The zero-order valence-electron chi connectivity index (χ0n) is 5.59. The van der Waals surface area contributed by atoms with Gasteiger partial charge in [0.05, 0.1) is 0 Å². The molecular formula is C5H11BNO2. The molecule has 0 rings (SSSR count). The van der Waals surface area contributed by atoms with Crippen LogP contribution in [-0.4, -0.2) is 27.6 Å². The van der Waals surface area contributed by atoms with Gasteiger partial charge in [0.15, 0.2) is 0 Å². The lowest BCUT2D eigenvalue weighted by Crippen LogP contribution is -2.21. The Morgan fingerprint density at radius 3 is 3.11 bits per heavy atom. The molecule has 0 aromatic rings. The summed E-state index contributed by atoms with van der Waals surface area (Å²) in [6.45, 7) is 0.798. The summed E-state index contributed by atoms with van der Waals surface area (Å²) in [5, 5.41) is 2.86. The highest BCUT2D eigenvalue weighted by Crippen LogP contribution is 1.78. The molecule has 9 heavy (non-hydrogen) atoms. The standard InChI is InChI=1S/C5H11BNO2/c1-9-6-7-4-2-3-5-8/h5,7H,2-4H2,1H3. The summed E-state index contributed by atoms with van der Waals surface area (Å²) in [5.74, 6) is 0. The zero-order valence-corrected chi connectivity index (χ0v) is 5.59. The van der Waals surface area contributed by atoms with Crippen LogP contribution in [0, 0.1) is 0 Å². The van der Waals surface area contributed by atoms with Crippen LogP contribution < -0.4 is 5.23 Å². The van der Waals surface area contributed by atoms with Crippen molar-refractivity contribution in [2.45, 2.75) is 12.8 Å². The van der Waals surface area contributed by atoms with Crippen LogP contribution in [0.4, 0.5) is 0 Å². The van der Waals surface area contributed by atoms with E-state index in [-0.39, 0.29) is 0 Å². The summed E-state index contributed by atoms with van der Waals surface area (Å²) in [5.41, 5.74) is 0. The van der Waals surface area contributed by atoms with Gasteiger partial charge in [0.2, 0.25) is 0 Å². The maximum atomic E-state index is 9.77. The monoisotopic (exact) mass is 128 g/mol. The number of carbonyl (C=O) groups is 1. The predicted molar refractivity (Wildman–Crippen MR) is 36.1 cm³/mol. The first kappa shape index (κ1) is 8.65. The third-order valence-corrected chi connectivity index (χ3v) is 0.844. The van der Waals surface area contributed by atoms with Crippen LogP contribution in [0.15, 0.2) is 0 Å². The van der Waals surface area contributed by atoms with Gasteiger partial charge in [-0.2, -0.15) is 0 Å². The molecule has 0 aliphatic heterocycles. The van der Waals surface area contributed by atoms with E-state index >= 15 is 0 Å². The Morgan fingerprint density at radius 2 is 2.56 bits per heavy atom. The van der Waals surface area contributed by atoms with Crippen LogP contribution in [0.1, 0.15) is 12.8 Å². The Kier molecular flexibility index (Phi) is 7.36. The molecule has 0 spiro atoms. The molecule has 4 heteroatoms. The highest BCUT2D eigenvalue weighted by Gasteiger charge is 1.87. The van der Waals surface area contributed by atoms with Gasteiger partial charge in [-0.3, -0.25) is 0 Å². The Labute approximate surface area is 56.1 Å². The van der Waals surface area contributed by atoms with Crippen molar-refractivity contribution in [2.75, 3.05) is 13.7 Å². The van der Waals surface area contributed by atoms with E-state index in [0.29, 0.717) is 6.42 Å². The molecule has 0 aromatic heterocycles. The first-order valence-corrected chi connectivity index (χ1v) is 2.93. The van der Waals surface area contributed by atoms with Crippen LogP contribution >= 0.6 is 0 Å². The van der Waals surface area contributed by atoms with Crippen molar-refractivity contribution in [2.24, 2.45) is 0 Å². The van der Waals surface area contributed by atoms with Gasteiger partial charge in [-0.25, -0.2) is 0 Å². The lowest BCUT2D eigenvalue weighted by atomic mass is 10.2. The Morgan fingerprint density at radius 1 is 1.78 bits per heavy atom. The molecule has 51 valence electrons. The molecule has 0 fully saturated rings. The summed E-state index contributed by atoms with van der Waals surface area (Å²) in [7, 11) is 3.08. The summed E-state index contributed by atoms with van der Waals surface area (Å²) in [4.78, 5) is 9.77. The molecule has 0 unspecified atom stereocenters. The second-order valence-corrected chi connectivity index (χ2v) is 1.62. The van der Waals surface area contributed by atoms with Crippen molar-refractivity contribution in [1.29, 1.82) is 0 Å². The van der Waals surface area contributed by atoms with Gasteiger partial charge >= 0.3 is 7.62 Å². The molecule has 0 heterocycles. The number of carbonyl (C=O) groups excluding carboxylic acids is 1. The highest BCUT2D eigenvalue weighted by molar-refractivity contribution is 6.23.